The van der Waals surface area contributed by atoms with E-state index in [1.807, 2.05) is 46.9 Å². The number of thiocarbonyl (C=S) groups is 1. The van der Waals surface area contributed by atoms with Crippen LogP contribution in [0.25, 0.3) is 10.8 Å². The molecule has 2 saturated carbocycles. The minimum absolute atomic E-state index is 0.00162. The van der Waals surface area contributed by atoms with Gasteiger partial charge in [-0.3, -0.25) is 19.1 Å². The number of benzene rings is 1. The Morgan fingerprint density at radius 3 is 2.52 bits per heavy atom. The van der Waals surface area contributed by atoms with Crippen LogP contribution in [-0.2, 0) is 24.4 Å². The van der Waals surface area contributed by atoms with E-state index in [-0.39, 0.29) is 28.3 Å². The molecule has 3 fully saturated rings. The normalized spacial score (nSPS) is 24.8. The van der Waals surface area contributed by atoms with Crippen LogP contribution in [0, 0.1) is 16.7 Å². The van der Waals surface area contributed by atoms with Crippen LogP contribution < -0.4 is 24.8 Å². The predicted octanol–water partition coefficient (Wildman–Crippen LogP) is 2.12. The van der Waals surface area contributed by atoms with Crippen LogP contribution in [0.5, 0.6) is 11.6 Å². The molecule has 2 aliphatic carbocycles. The van der Waals surface area contributed by atoms with Crippen molar-refractivity contribution >= 4 is 78.3 Å². The number of halogens is 1. The average Bonchev–Trinajstić information content (AvgIpc) is 3.92. The van der Waals surface area contributed by atoms with E-state index in [2.05, 4.69) is 20.3 Å². The highest BCUT2D eigenvalue weighted by Gasteiger charge is 2.62. The van der Waals surface area contributed by atoms with E-state index in [0.29, 0.717) is 29.9 Å². The van der Waals surface area contributed by atoms with Gasteiger partial charge in [-0.2, -0.15) is 5.26 Å². The quantitative estimate of drug-likeness (QED) is 0.183. The number of carbonyl (C=O) groups excluding carboxylic acids is 3. The molecule has 3 N–H and O–H groups in total. The Hall–Kier alpha value is -3.30. The molecule has 0 unspecified atom stereocenters. The number of hydrogen-bond acceptors (Lipinski definition) is 10. The fourth-order valence-corrected chi connectivity index (χ4v) is 8.10. The first-order valence-electron chi connectivity index (χ1n) is 14.7. The van der Waals surface area contributed by atoms with Crippen molar-refractivity contribution in [3.05, 3.63) is 30.5 Å². The van der Waals surface area contributed by atoms with Gasteiger partial charge in [0.25, 0.3) is 5.91 Å². The number of fused-ring (bicyclic) bond motifs is 1. The van der Waals surface area contributed by atoms with Crippen LogP contribution in [0.4, 0.5) is 0 Å². The first-order valence-corrected chi connectivity index (χ1v) is 17.9. The van der Waals surface area contributed by atoms with Crippen molar-refractivity contribution in [1.29, 1.82) is 5.26 Å². The third-order valence-electron chi connectivity index (χ3n) is 8.38. The Morgan fingerprint density at radius 1 is 1.24 bits per heavy atom. The number of nitrogens with one attached hydrogen (secondary N) is 3. The number of amides is 3. The number of carbonyl (C=O) groups is 3. The van der Waals surface area contributed by atoms with Gasteiger partial charge in [0, 0.05) is 21.9 Å². The van der Waals surface area contributed by atoms with Gasteiger partial charge >= 0.3 is 0 Å². The number of likely N-dealkylation sites (tertiary alicyclic amines) is 1. The largest absolute Gasteiger partial charge is 0.497 e. The summed E-state index contributed by atoms with van der Waals surface area (Å²) in [6.45, 7) is 5.42. The summed E-state index contributed by atoms with van der Waals surface area (Å²) in [6, 6.07) is 7.03. The summed E-state index contributed by atoms with van der Waals surface area (Å²) < 4.78 is 38.5. The summed E-state index contributed by atoms with van der Waals surface area (Å²) in [6.07, 6.45) is 2.18. The van der Waals surface area contributed by atoms with Gasteiger partial charge < -0.3 is 25.0 Å². The lowest BCUT2D eigenvalue weighted by Crippen LogP contribution is -2.60. The van der Waals surface area contributed by atoms with Crippen LogP contribution >= 0.6 is 34.8 Å². The molecule has 1 aromatic heterocycles. The Labute approximate surface area is 286 Å². The molecule has 0 bridgehead atoms. The zero-order chi connectivity index (χ0) is 33.6. The molecular formula is C30H35IN6O7S2. The van der Waals surface area contributed by atoms with E-state index >= 15 is 0 Å². The minimum atomic E-state index is -3.84. The third-order valence-corrected chi connectivity index (χ3v) is 11.9. The highest BCUT2D eigenvalue weighted by molar-refractivity contribution is 14.1. The lowest BCUT2D eigenvalue weighted by Gasteiger charge is -2.35. The highest BCUT2D eigenvalue weighted by atomic mass is 127. The van der Waals surface area contributed by atoms with Crippen molar-refractivity contribution < 1.29 is 32.3 Å². The van der Waals surface area contributed by atoms with Crippen LogP contribution in [0.3, 0.4) is 0 Å². The van der Waals surface area contributed by atoms with Gasteiger partial charge in [-0.1, -0.05) is 43.4 Å². The molecular weight excluding hydrogens is 747 g/mol. The van der Waals surface area contributed by atoms with Crippen molar-refractivity contribution in [2.75, 3.05) is 13.7 Å². The smallest absolute Gasteiger partial charge is 0.260 e. The second-order valence-corrected chi connectivity index (χ2v) is 16.7. The molecule has 16 heteroatoms. The molecule has 3 aliphatic rings. The SMILES string of the molecule is COc1ccc2c(O[C@@H]3C[C@@H](C(=O)N[C@]4(C(=O)NS(=O)(=O)C5CC5)C[C@H]4I)N(C(=O)[C@@H](NC(=S)C#N)C(C)(C)C)C3)nccc2c1. The summed E-state index contributed by atoms with van der Waals surface area (Å²) in [5.74, 6) is -0.927. The van der Waals surface area contributed by atoms with Crippen molar-refractivity contribution in [3.8, 4) is 17.7 Å². The maximum atomic E-state index is 14.2. The first-order chi connectivity index (χ1) is 21.6. The topological polar surface area (TPSA) is 180 Å². The molecule has 13 nitrogen and oxygen atoms in total. The van der Waals surface area contributed by atoms with Crippen LogP contribution in [0.2, 0.25) is 0 Å². The predicted molar refractivity (Wildman–Crippen MR) is 181 cm³/mol. The van der Waals surface area contributed by atoms with Gasteiger partial charge in [-0.25, -0.2) is 13.4 Å². The minimum Gasteiger partial charge on any atom is -0.497 e. The summed E-state index contributed by atoms with van der Waals surface area (Å²) in [7, 11) is -2.27. The molecule has 246 valence electrons. The van der Waals surface area contributed by atoms with E-state index in [1.165, 1.54) is 4.90 Å². The van der Waals surface area contributed by atoms with Gasteiger partial charge in [0.15, 0.2) is 4.99 Å². The molecule has 5 rings (SSSR count). The van der Waals surface area contributed by atoms with Gasteiger partial charge in [-0.15, -0.1) is 0 Å². The summed E-state index contributed by atoms with van der Waals surface area (Å²) in [5, 5.41) is 15.9. The number of methoxy groups -OCH3 is 1. The second kappa shape index (κ2) is 12.7. The maximum absolute atomic E-state index is 14.2. The van der Waals surface area contributed by atoms with E-state index in [9.17, 15) is 28.1 Å². The molecule has 46 heavy (non-hydrogen) atoms. The zero-order valence-electron chi connectivity index (χ0n) is 25.7. The second-order valence-electron chi connectivity index (χ2n) is 12.9. The molecule has 1 aromatic carbocycles. The lowest BCUT2D eigenvalue weighted by atomic mass is 9.85. The van der Waals surface area contributed by atoms with Gasteiger partial charge in [0.2, 0.25) is 27.7 Å². The number of aromatic nitrogens is 1. The van der Waals surface area contributed by atoms with E-state index in [4.69, 9.17) is 21.7 Å². The summed E-state index contributed by atoms with van der Waals surface area (Å²) in [4.78, 5) is 47.0. The standard InChI is InChI=1S/C30H35IN6O7S2/c1-29(2,3)24(34-23(45)14-32)27(39)37-15-18(44-26-20-8-5-17(43-4)11-16(20)9-10-33-26)12-21(37)25(38)35-30(13-22(30)31)28(40)36-46(41,42)19-6-7-19/h5,8-11,18-19,21-22,24H,6-7,12-13,15H2,1-4H3,(H,34,45)(H,35,38)(H,36,40)/t18-,21+,22-,24-,30-/m1/s1. The van der Waals surface area contributed by atoms with Crippen molar-refractivity contribution in [1.82, 2.24) is 25.2 Å². The molecule has 0 spiro atoms. The van der Waals surface area contributed by atoms with E-state index in [0.717, 1.165) is 5.39 Å². The summed E-state index contributed by atoms with van der Waals surface area (Å²) >= 11 is 7.08. The fraction of sp³-hybridized carbons (Fsp3) is 0.533. The first kappa shape index (κ1) is 34.0. The number of alkyl halides is 1. The highest BCUT2D eigenvalue weighted by Crippen LogP contribution is 2.44. The maximum Gasteiger partial charge on any atom is 0.260 e. The number of nitriles is 1. The number of hydrogen-bond donors (Lipinski definition) is 3. The van der Waals surface area contributed by atoms with Gasteiger partial charge in [0.1, 0.15) is 35.5 Å². The Balaban J connectivity index is 1.43. The van der Waals surface area contributed by atoms with E-state index < -0.39 is 62.1 Å². The van der Waals surface area contributed by atoms with Gasteiger partial charge in [-0.05, 0) is 66.5 Å². The summed E-state index contributed by atoms with van der Waals surface area (Å²) in [5.41, 5.74) is -2.15. The lowest BCUT2D eigenvalue weighted by molar-refractivity contribution is -0.142. The number of pyridine rings is 1. The van der Waals surface area contributed by atoms with Crippen LogP contribution in [-0.4, -0.2) is 87.6 Å². The molecule has 0 radical (unpaired) electrons. The van der Waals surface area contributed by atoms with Crippen molar-refractivity contribution in [3.63, 3.8) is 0 Å². The Bertz CT molecular complexity index is 1740. The molecule has 1 saturated heterocycles. The molecule has 2 aromatic rings. The van der Waals surface area contributed by atoms with Crippen molar-refractivity contribution in [2.45, 2.75) is 79.4 Å². The third kappa shape index (κ3) is 7.00. The molecule has 5 atom stereocenters. The number of rotatable bonds is 10. The zero-order valence-corrected chi connectivity index (χ0v) is 29.5. The number of sulfonamides is 1. The van der Waals surface area contributed by atoms with Gasteiger partial charge in [0.05, 0.1) is 18.9 Å². The average molecular weight is 783 g/mol. The molecule has 3 amide bonds. The fourth-order valence-electron chi connectivity index (χ4n) is 5.49. The van der Waals surface area contributed by atoms with Crippen molar-refractivity contribution in [2.24, 2.45) is 5.41 Å². The molecule has 2 heterocycles. The Morgan fingerprint density at radius 2 is 1.93 bits per heavy atom. The monoisotopic (exact) mass is 782 g/mol. The van der Waals surface area contributed by atoms with Crippen LogP contribution in [0.15, 0.2) is 30.5 Å². The number of ether oxygens (including phenoxy) is 2. The number of nitrogens with zero attached hydrogens (tertiary/aromatic N) is 3. The molecule has 1 aliphatic heterocycles. The Kier molecular flexibility index (Phi) is 9.41. The van der Waals surface area contributed by atoms with E-state index in [1.54, 1.807) is 40.1 Å². The van der Waals surface area contributed by atoms with Crippen LogP contribution in [0.1, 0.15) is 46.5 Å².